The van der Waals surface area contributed by atoms with Gasteiger partial charge in [-0.2, -0.15) is 0 Å². The molecule has 1 aromatic carbocycles. The lowest BCUT2D eigenvalue weighted by atomic mass is 10.2. The smallest absolute Gasteiger partial charge is 0.142 e. The van der Waals surface area contributed by atoms with Crippen LogP contribution in [0.3, 0.4) is 0 Å². The summed E-state index contributed by atoms with van der Waals surface area (Å²) in [5.74, 6) is 0.675. The topological polar surface area (TPSA) is 35.2 Å². The first kappa shape index (κ1) is 11.4. The number of hydrogen-bond donors (Lipinski definition) is 1. The van der Waals surface area contributed by atoms with Crippen LogP contribution in [0.1, 0.15) is 13.8 Å². The first-order valence-corrected chi connectivity index (χ1v) is 4.82. The lowest BCUT2D eigenvalue weighted by molar-refractivity contribution is 0.416. The highest BCUT2D eigenvalue weighted by atomic mass is 16.5. The maximum absolute atomic E-state index is 5.81. The summed E-state index contributed by atoms with van der Waals surface area (Å²) in [4.78, 5) is 0. The third-order valence-electron chi connectivity index (χ3n) is 2.09. The average Bonchev–Trinajstić information content (AvgIpc) is 2.18. The Labute approximate surface area is 90.4 Å². The molecule has 1 aromatic rings. The van der Waals surface area contributed by atoms with E-state index in [-0.39, 0.29) is 0 Å². The molecule has 0 aromatic heterocycles. The summed E-state index contributed by atoms with van der Waals surface area (Å²) in [7, 11) is 1.60. The number of allylic oxidation sites excluding steroid dienone is 2. The molecule has 0 fully saturated rings. The van der Waals surface area contributed by atoms with Crippen LogP contribution >= 0.6 is 0 Å². The molecule has 0 aliphatic heterocycles. The van der Waals surface area contributed by atoms with Crippen molar-refractivity contribution in [3.63, 3.8) is 0 Å². The minimum Gasteiger partial charge on any atom is -0.495 e. The fraction of sp³-hybridized carbons (Fsp3) is 0.231. The van der Waals surface area contributed by atoms with Crippen molar-refractivity contribution in [3.8, 4) is 5.75 Å². The van der Waals surface area contributed by atoms with Crippen LogP contribution in [-0.4, -0.2) is 7.11 Å². The van der Waals surface area contributed by atoms with Crippen molar-refractivity contribution in [1.82, 2.24) is 0 Å². The zero-order chi connectivity index (χ0) is 11.4. The minimum atomic E-state index is 0.637. The van der Waals surface area contributed by atoms with Crippen LogP contribution in [0.2, 0.25) is 0 Å². The van der Waals surface area contributed by atoms with Crippen molar-refractivity contribution in [2.45, 2.75) is 13.8 Å². The van der Waals surface area contributed by atoms with Crippen LogP contribution in [0.5, 0.6) is 5.75 Å². The fourth-order valence-corrected chi connectivity index (χ4v) is 1.24. The first-order valence-electron chi connectivity index (χ1n) is 4.82. The summed E-state index contributed by atoms with van der Waals surface area (Å²) in [6.07, 6.45) is 4.05. The third kappa shape index (κ3) is 2.88. The van der Waals surface area contributed by atoms with Gasteiger partial charge in [0.2, 0.25) is 0 Å². The van der Waals surface area contributed by atoms with E-state index in [4.69, 9.17) is 10.5 Å². The molecule has 0 heterocycles. The van der Waals surface area contributed by atoms with Crippen molar-refractivity contribution >= 4 is 18.3 Å². The van der Waals surface area contributed by atoms with Crippen LogP contribution in [0.4, 0.5) is 5.69 Å². The molecule has 80 valence electrons. The van der Waals surface area contributed by atoms with Gasteiger partial charge in [-0.3, -0.25) is 0 Å². The van der Waals surface area contributed by atoms with Crippen LogP contribution in [0.25, 0.3) is 12.7 Å². The predicted octanol–water partition coefficient (Wildman–Crippen LogP) is 1.43. The first-order chi connectivity index (χ1) is 7.04. The van der Waals surface area contributed by atoms with Crippen molar-refractivity contribution < 1.29 is 4.74 Å². The van der Waals surface area contributed by atoms with Gasteiger partial charge in [-0.05, 0) is 36.4 Å². The van der Waals surface area contributed by atoms with Crippen molar-refractivity contribution in [2.24, 2.45) is 0 Å². The van der Waals surface area contributed by atoms with E-state index in [1.54, 1.807) is 7.11 Å². The number of rotatable bonds is 2. The number of nitrogen functional groups attached to an aromatic ring is 1. The van der Waals surface area contributed by atoms with Gasteiger partial charge in [0.15, 0.2) is 0 Å². The van der Waals surface area contributed by atoms with Crippen LogP contribution in [0.15, 0.2) is 23.8 Å². The molecule has 2 heteroatoms. The highest BCUT2D eigenvalue weighted by molar-refractivity contribution is 5.55. The summed E-state index contributed by atoms with van der Waals surface area (Å²) < 4.78 is 5.11. The lowest BCUT2D eigenvalue weighted by Crippen LogP contribution is -2.23. The number of ether oxygens (including phenoxy) is 1. The summed E-state index contributed by atoms with van der Waals surface area (Å²) in [6, 6.07) is 3.72. The Morgan fingerprint density at radius 1 is 1.40 bits per heavy atom. The Morgan fingerprint density at radius 2 is 2.07 bits per heavy atom. The van der Waals surface area contributed by atoms with Crippen LogP contribution < -0.4 is 20.9 Å². The Kier molecular flexibility index (Phi) is 3.56. The van der Waals surface area contributed by atoms with E-state index in [0.29, 0.717) is 11.4 Å². The number of hydrogen-bond acceptors (Lipinski definition) is 2. The van der Waals surface area contributed by atoms with Gasteiger partial charge in [0.05, 0.1) is 12.8 Å². The molecule has 0 aliphatic rings. The number of nitrogens with two attached hydrogens (primary N) is 1. The van der Waals surface area contributed by atoms with E-state index in [0.717, 1.165) is 10.4 Å². The van der Waals surface area contributed by atoms with Gasteiger partial charge < -0.3 is 10.5 Å². The number of methoxy groups -OCH3 is 1. The zero-order valence-electron chi connectivity index (χ0n) is 9.50. The Hall–Kier alpha value is -1.70. The van der Waals surface area contributed by atoms with Crippen molar-refractivity contribution in [2.75, 3.05) is 12.8 Å². The Balaban J connectivity index is 3.35. The monoisotopic (exact) mass is 203 g/mol. The van der Waals surface area contributed by atoms with Gasteiger partial charge >= 0.3 is 0 Å². The fourth-order valence-electron chi connectivity index (χ4n) is 1.24. The standard InChI is InChI=1S/C13H17NO/c1-9(2)5-6-11-8-12(14)13(15-4)7-10(11)3/h5-8H,3,14H2,1-2,4H3/b11-6-. The largest absolute Gasteiger partial charge is 0.495 e. The molecule has 0 aliphatic carbocycles. The second-order valence-corrected chi connectivity index (χ2v) is 3.70. The Bertz CT molecular complexity index is 482. The van der Waals surface area contributed by atoms with E-state index < -0.39 is 0 Å². The molecule has 0 spiro atoms. The number of anilines is 1. The average molecular weight is 203 g/mol. The SMILES string of the molecule is C=c1cc(OC)c(N)c/c1=C/C=C(C)C. The summed E-state index contributed by atoms with van der Waals surface area (Å²) in [5, 5.41) is 1.94. The normalized spacial score (nSPS) is 11.3. The van der Waals surface area contributed by atoms with Crippen molar-refractivity contribution in [1.29, 1.82) is 0 Å². The molecule has 2 N–H and O–H groups in total. The molecule has 0 atom stereocenters. The Morgan fingerprint density at radius 3 is 2.60 bits per heavy atom. The van der Waals surface area contributed by atoms with E-state index in [9.17, 15) is 0 Å². The molecule has 15 heavy (non-hydrogen) atoms. The molecular weight excluding hydrogens is 186 g/mol. The van der Waals surface area contributed by atoms with E-state index in [2.05, 4.69) is 6.58 Å². The summed E-state index contributed by atoms with van der Waals surface area (Å²) >= 11 is 0. The molecule has 0 radical (unpaired) electrons. The molecule has 0 saturated heterocycles. The third-order valence-corrected chi connectivity index (χ3v) is 2.09. The van der Waals surface area contributed by atoms with Gasteiger partial charge in [-0.15, -0.1) is 0 Å². The van der Waals surface area contributed by atoms with Gasteiger partial charge in [0.1, 0.15) is 5.75 Å². The van der Waals surface area contributed by atoms with Crippen molar-refractivity contribution in [3.05, 3.63) is 34.2 Å². The maximum Gasteiger partial charge on any atom is 0.142 e. The molecule has 0 bridgehead atoms. The summed E-state index contributed by atoms with van der Waals surface area (Å²) in [6.45, 7) is 8.05. The lowest BCUT2D eigenvalue weighted by Gasteiger charge is -2.03. The van der Waals surface area contributed by atoms with Gasteiger partial charge in [0, 0.05) is 0 Å². The van der Waals surface area contributed by atoms with Crippen LogP contribution in [-0.2, 0) is 0 Å². The molecule has 0 saturated carbocycles. The highest BCUT2D eigenvalue weighted by Gasteiger charge is 1.97. The minimum absolute atomic E-state index is 0.637. The van der Waals surface area contributed by atoms with Gasteiger partial charge in [-0.1, -0.05) is 24.3 Å². The molecule has 1 rings (SSSR count). The maximum atomic E-state index is 5.81. The zero-order valence-corrected chi connectivity index (χ0v) is 9.50. The quantitative estimate of drug-likeness (QED) is 0.738. The van der Waals surface area contributed by atoms with Crippen LogP contribution in [0, 0.1) is 0 Å². The highest BCUT2D eigenvalue weighted by Crippen LogP contribution is 2.14. The van der Waals surface area contributed by atoms with E-state index in [1.165, 1.54) is 5.57 Å². The second-order valence-electron chi connectivity index (χ2n) is 3.70. The molecule has 0 amide bonds. The molecule has 2 nitrogen and oxygen atoms in total. The molecule has 0 unspecified atom stereocenters. The van der Waals surface area contributed by atoms with Gasteiger partial charge in [-0.25, -0.2) is 0 Å². The second kappa shape index (κ2) is 4.69. The van der Waals surface area contributed by atoms with E-state index >= 15 is 0 Å². The predicted molar refractivity (Wildman–Crippen MR) is 66.1 cm³/mol. The molecular formula is C13H17NO. The van der Waals surface area contributed by atoms with Gasteiger partial charge in [0.25, 0.3) is 0 Å². The summed E-state index contributed by atoms with van der Waals surface area (Å²) in [5.41, 5.74) is 7.69. The number of benzene rings is 1. The van der Waals surface area contributed by atoms with E-state index in [1.807, 2.05) is 38.1 Å².